The lowest BCUT2D eigenvalue weighted by atomic mass is 10.1. The monoisotopic (exact) mass is 460 g/mol. The fourth-order valence-corrected chi connectivity index (χ4v) is 3.16. The van der Waals surface area contributed by atoms with Crippen LogP contribution in [0.25, 0.3) is 0 Å². The van der Waals surface area contributed by atoms with Gasteiger partial charge in [0.2, 0.25) is 29.7 Å². The molecule has 0 radical (unpaired) electrons. The number of benzene rings is 2. The van der Waals surface area contributed by atoms with Gasteiger partial charge in [0.1, 0.15) is 0 Å². The minimum atomic E-state index is -1.00. The number of hydrogen-bond donors (Lipinski definition) is 1. The van der Waals surface area contributed by atoms with E-state index in [1.54, 1.807) is 24.3 Å². The van der Waals surface area contributed by atoms with Crippen LogP contribution >= 0.6 is 11.6 Å². The van der Waals surface area contributed by atoms with Crippen molar-refractivity contribution in [3.8, 4) is 5.75 Å². The fraction of sp³-hybridized carbons (Fsp3) is 0.200. The van der Waals surface area contributed by atoms with Crippen molar-refractivity contribution in [1.29, 1.82) is 0 Å². The summed E-state index contributed by atoms with van der Waals surface area (Å²) >= 11 is 6.02. The zero-order valence-corrected chi connectivity index (χ0v) is 17.9. The molecule has 0 aliphatic carbocycles. The summed E-state index contributed by atoms with van der Waals surface area (Å²) in [6.07, 6.45) is -1.00. The standard InChI is InChI=1S/C20H17ClN4O7/c1-10(26)22-15-6-4-13(5-7-15)20-24(11(2)27)23-19(32-20)16-8-14(21)9-17(25(29)30)18(16)31-12(3)28/h4-9,20H,1-3H3,(H,22,26). The normalized spacial score (nSPS) is 14.9. The predicted molar refractivity (Wildman–Crippen MR) is 113 cm³/mol. The maximum atomic E-state index is 12.2. The number of esters is 1. The van der Waals surface area contributed by atoms with Crippen LogP contribution in [0.1, 0.15) is 38.1 Å². The smallest absolute Gasteiger partial charge is 0.314 e. The Hall–Kier alpha value is -3.99. The SMILES string of the molecule is CC(=O)Nc1ccc(C2OC(c3cc(Cl)cc([N+](=O)[O-])c3OC(C)=O)=NN2C(C)=O)cc1. The van der Waals surface area contributed by atoms with E-state index >= 15 is 0 Å². The van der Waals surface area contributed by atoms with E-state index in [9.17, 15) is 24.5 Å². The molecule has 1 aliphatic rings. The number of nitro groups is 1. The predicted octanol–water partition coefficient (Wildman–Crippen LogP) is 3.37. The molecule has 2 aromatic carbocycles. The van der Waals surface area contributed by atoms with Crippen molar-refractivity contribution in [3.63, 3.8) is 0 Å². The first-order chi connectivity index (χ1) is 15.1. The van der Waals surface area contributed by atoms with Gasteiger partial charge in [-0.15, -0.1) is 5.10 Å². The molecule has 0 fully saturated rings. The molecule has 32 heavy (non-hydrogen) atoms. The third-order valence-corrected chi connectivity index (χ3v) is 4.41. The Kier molecular flexibility index (Phi) is 6.40. The van der Waals surface area contributed by atoms with Crippen LogP contribution in [0.3, 0.4) is 0 Å². The molecule has 0 saturated heterocycles. The van der Waals surface area contributed by atoms with Gasteiger partial charge in [0.15, 0.2) is 0 Å². The molecule has 2 aromatic rings. The van der Waals surface area contributed by atoms with Crippen molar-refractivity contribution in [3.05, 3.63) is 62.7 Å². The molecule has 1 N–H and O–H groups in total. The van der Waals surface area contributed by atoms with Crippen molar-refractivity contribution in [2.75, 3.05) is 5.32 Å². The Morgan fingerprint density at radius 1 is 1.19 bits per heavy atom. The minimum Gasteiger partial charge on any atom is -0.446 e. The molecular formula is C20H17ClN4O7. The molecule has 2 amide bonds. The van der Waals surface area contributed by atoms with Crippen LogP contribution in [0.4, 0.5) is 11.4 Å². The first-order valence-electron chi connectivity index (χ1n) is 9.16. The lowest BCUT2D eigenvalue weighted by molar-refractivity contribution is -0.385. The molecule has 1 atom stereocenters. The van der Waals surface area contributed by atoms with Crippen molar-refractivity contribution in [2.24, 2.45) is 5.10 Å². The average molecular weight is 461 g/mol. The van der Waals surface area contributed by atoms with Crippen LogP contribution in [-0.2, 0) is 19.1 Å². The summed E-state index contributed by atoms with van der Waals surface area (Å²) < 4.78 is 10.9. The van der Waals surface area contributed by atoms with Crippen LogP contribution in [0.15, 0.2) is 41.5 Å². The summed E-state index contributed by atoms with van der Waals surface area (Å²) in [6, 6.07) is 8.79. The van der Waals surface area contributed by atoms with Crippen LogP contribution in [-0.4, -0.2) is 33.6 Å². The van der Waals surface area contributed by atoms with E-state index in [1.807, 2.05) is 0 Å². The van der Waals surface area contributed by atoms with Crippen LogP contribution < -0.4 is 10.1 Å². The lowest BCUT2D eigenvalue weighted by Crippen LogP contribution is -2.25. The van der Waals surface area contributed by atoms with Gasteiger partial charge in [-0.2, -0.15) is 5.01 Å². The Morgan fingerprint density at radius 3 is 2.38 bits per heavy atom. The summed E-state index contributed by atoms with van der Waals surface area (Å²) in [5.74, 6) is -2.12. The molecule has 0 spiro atoms. The molecule has 166 valence electrons. The van der Waals surface area contributed by atoms with Gasteiger partial charge < -0.3 is 14.8 Å². The van der Waals surface area contributed by atoms with Gasteiger partial charge >= 0.3 is 11.7 Å². The Bertz CT molecular complexity index is 1150. The van der Waals surface area contributed by atoms with E-state index in [2.05, 4.69) is 10.4 Å². The molecule has 11 nitrogen and oxygen atoms in total. The number of nitrogens with zero attached hydrogens (tertiary/aromatic N) is 3. The minimum absolute atomic E-state index is 0.0219. The average Bonchev–Trinajstić information content (AvgIpc) is 3.14. The maximum absolute atomic E-state index is 12.2. The molecule has 0 aromatic heterocycles. The summed E-state index contributed by atoms with van der Waals surface area (Å²) in [6.45, 7) is 3.72. The number of ether oxygens (including phenoxy) is 2. The summed E-state index contributed by atoms with van der Waals surface area (Å²) in [5.41, 5.74) is 0.422. The van der Waals surface area contributed by atoms with E-state index in [1.165, 1.54) is 19.9 Å². The summed E-state index contributed by atoms with van der Waals surface area (Å²) in [4.78, 5) is 45.7. The van der Waals surface area contributed by atoms with E-state index in [0.717, 1.165) is 18.0 Å². The second-order valence-corrected chi connectivity index (χ2v) is 7.13. The Balaban J connectivity index is 2.04. The maximum Gasteiger partial charge on any atom is 0.314 e. The fourth-order valence-electron chi connectivity index (χ4n) is 2.95. The van der Waals surface area contributed by atoms with E-state index in [0.29, 0.717) is 11.3 Å². The van der Waals surface area contributed by atoms with Crippen LogP contribution in [0, 0.1) is 10.1 Å². The van der Waals surface area contributed by atoms with Crippen LogP contribution in [0.5, 0.6) is 5.75 Å². The quantitative estimate of drug-likeness (QED) is 0.312. The van der Waals surface area contributed by atoms with Gasteiger partial charge in [-0.1, -0.05) is 23.7 Å². The molecule has 0 bridgehead atoms. The first kappa shape index (κ1) is 22.7. The molecule has 1 unspecified atom stereocenters. The van der Waals surface area contributed by atoms with Gasteiger partial charge in [-0.05, 0) is 18.2 Å². The Labute approximate surface area is 186 Å². The second kappa shape index (κ2) is 9.02. The van der Waals surface area contributed by atoms with Gasteiger partial charge in [-0.3, -0.25) is 24.5 Å². The van der Waals surface area contributed by atoms with Gasteiger partial charge in [-0.25, -0.2) is 0 Å². The van der Waals surface area contributed by atoms with Crippen molar-refractivity contribution in [1.82, 2.24) is 5.01 Å². The first-order valence-corrected chi connectivity index (χ1v) is 9.54. The van der Waals surface area contributed by atoms with Gasteiger partial charge in [0.05, 0.1) is 10.5 Å². The van der Waals surface area contributed by atoms with E-state index in [-0.39, 0.29) is 22.4 Å². The highest BCUT2D eigenvalue weighted by atomic mass is 35.5. The van der Waals surface area contributed by atoms with Crippen molar-refractivity contribution < 1.29 is 28.8 Å². The number of carbonyl (C=O) groups is 3. The Morgan fingerprint density at radius 2 is 1.84 bits per heavy atom. The van der Waals surface area contributed by atoms with Gasteiger partial charge in [0, 0.05) is 43.1 Å². The number of amides is 2. The summed E-state index contributed by atoms with van der Waals surface area (Å²) in [7, 11) is 0. The van der Waals surface area contributed by atoms with Crippen LogP contribution in [0.2, 0.25) is 5.02 Å². The number of hydrazone groups is 1. The molecular weight excluding hydrogens is 444 g/mol. The second-order valence-electron chi connectivity index (χ2n) is 6.69. The summed E-state index contributed by atoms with van der Waals surface area (Å²) in [5, 5.41) is 19.2. The van der Waals surface area contributed by atoms with E-state index < -0.39 is 34.5 Å². The molecule has 1 aliphatic heterocycles. The molecule has 3 rings (SSSR count). The highest BCUT2D eigenvalue weighted by Crippen LogP contribution is 2.39. The number of halogens is 1. The number of nitro benzene ring substituents is 1. The molecule has 0 saturated carbocycles. The van der Waals surface area contributed by atoms with Crippen molar-refractivity contribution in [2.45, 2.75) is 27.0 Å². The zero-order chi connectivity index (χ0) is 23.6. The van der Waals surface area contributed by atoms with Crippen molar-refractivity contribution >= 4 is 46.7 Å². The van der Waals surface area contributed by atoms with Gasteiger partial charge in [0.25, 0.3) is 0 Å². The number of anilines is 1. The largest absolute Gasteiger partial charge is 0.446 e. The third kappa shape index (κ3) is 4.83. The molecule has 12 heteroatoms. The topological polar surface area (TPSA) is 140 Å². The number of carbonyl (C=O) groups excluding carboxylic acids is 3. The number of hydrogen-bond acceptors (Lipinski definition) is 8. The number of nitrogens with one attached hydrogen (secondary N) is 1. The van der Waals surface area contributed by atoms with E-state index in [4.69, 9.17) is 21.1 Å². The molecule has 1 heterocycles. The number of rotatable bonds is 5. The third-order valence-electron chi connectivity index (χ3n) is 4.19. The highest BCUT2D eigenvalue weighted by Gasteiger charge is 2.36. The highest BCUT2D eigenvalue weighted by molar-refractivity contribution is 6.31. The zero-order valence-electron chi connectivity index (χ0n) is 17.1. The lowest BCUT2D eigenvalue weighted by Gasteiger charge is -2.19.